The second-order valence-electron chi connectivity index (χ2n) is 7.59. The molecule has 0 aliphatic carbocycles. The number of ether oxygens (including phenoxy) is 3. The summed E-state index contributed by atoms with van der Waals surface area (Å²) in [6.45, 7) is 1.70. The fraction of sp³-hybridized carbons (Fsp3) is 0.154. The van der Waals surface area contributed by atoms with Crippen LogP contribution in [0.15, 0.2) is 70.2 Å². The highest BCUT2D eigenvalue weighted by atomic mass is 79.9. The van der Waals surface area contributed by atoms with Crippen molar-refractivity contribution in [3.05, 3.63) is 76.3 Å². The number of hydrogen-bond acceptors (Lipinski definition) is 7. The number of rotatable bonds is 9. The molecule has 3 aromatic carbocycles. The summed E-state index contributed by atoms with van der Waals surface area (Å²) in [5, 5.41) is 9.03. The van der Waals surface area contributed by atoms with E-state index in [4.69, 9.17) is 14.2 Å². The van der Waals surface area contributed by atoms with E-state index in [0.717, 1.165) is 10.0 Å². The van der Waals surface area contributed by atoms with Crippen LogP contribution >= 0.6 is 15.9 Å². The van der Waals surface area contributed by atoms with Gasteiger partial charge in [0, 0.05) is 15.8 Å². The highest BCUT2D eigenvalue weighted by Crippen LogP contribution is 2.27. The van der Waals surface area contributed by atoms with E-state index in [0.29, 0.717) is 34.2 Å². The van der Waals surface area contributed by atoms with Crippen molar-refractivity contribution in [1.82, 2.24) is 5.43 Å². The molecule has 0 heterocycles. The molecule has 3 N–H and O–H groups in total. The number of carbonyl (C=O) groups excluding carboxylic acids is 3. The van der Waals surface area contributed by atoms with Crippen LogP contribution in [0.1, 0.15) is 11.1 Å². The van der Waals surface area contributed by atoms with E-state index >= 15 is 0 Å². The average molecular weight is 569 g/mol. The molecule has 0 aromatic heterocycles. The third-order valence-corrected chi connectivity index (χ3v) is 5.81. The van der Waals surface area contributed by atoms with Gasteiger partial charge in [-0.1, -0.05) is 15.9 Å². The monoisotopic (exact) mass is 568 g/mol. The van der Waals surface area contributed by atoms with Crippen molar-refractivity contribution in [2.24, 2.45) is 5.10 Å². The molecule has 3 amide bonds. The lowest BCUT2D eigenvalue weighted by Crippen LogP contribution is -2.32. The molecule has 0 aliphatic rings. The first-order chi connectivity index (χ1) is 17.8. The highest BCUT2D eigenvalue weighted by Gasteiger charge is 2.13. The quantitative estimate of drug-likeness (QED) is 0.204. The van der Waals surface area contributed by atoms with Crippen LogP contribution in [0.2, 0.25) is 0 Å². The number of hydrazone groups is 1. The van der Waals surface area contributed by atoms with Crippen LogP contribution in [0.25, 0.3) is 0 Å². The molecular formula is C26H25BrN4O6. The normalized spacial score (nSPS) is 10.5. The smallest absolute Gasteiger partial charge is 0.329 e. The van der Waals surface area contributed by atoms with E-state index in [9.17, 15) is 14.4 Å². The molecule has 0 fully saturated rings. The van der Waals surface area contributed by atoms with Crippen LogP contribution in [-0.2, 0) is 14.4 Å². The van der Waals surface area contributed by atoms with Crippen LogP contribution in [-0.4, -0.2) is 44.8 Å². The third kappa shape index (κ3) is 8.07. The molecule has 0 unspecified atom stereocenters. The summed E-state index contributed by atoms with van der Waals surface area (Å²) in [5.41, 5.74) is 4.82. The summed E-state index contributed by atoms with van der Waals surface area (Å²) in [6, 6.07) is 16.9. The topological polar surface area (TPSA) is 127 Å². The van der Waals surface area contributed by atoms with E-state index in [1.54, 1.807) is 48.5 Å². The number of amides is 3. The standard InChI is InChI=1S/C26H25BrN4O6/c1-16-12-19(7-10-21(16)27)29-24(32)15-37-22-11-4-17(13-23(22)36-3)14-28-31-26(34)25(33)30-18-5-8-20(35-2)9-6-18/h4-14H,15H2,1-3H3,(H,29,32)(H,30,33)(H,31,34)/b28-14-. The number of carbonyl (C=O) groups is 3. The number of nitrogens with one attached hydrogen (secondary N) is 3. The van der Waals surface area contributed by atoms with E-state index in [2.05, 4.69) is 37.1 Å². The first kappa shape index (κ1) is 27.2. The molecule has 0 bridgehead atoms. The zero-order valence-corrected chi connectivity index (χ0v) is 21.9. The lowest BCUT2D eigenvalue weighted by Gasteiger charge is -2.12. The molecule has 0 saturated heterocycles. The van der Waals surface area contributed by atoms with Crippen molar-refractivity contribution in [3.8, 4) is 17.2 Å². The largest absolute Gasteiger partial charge is 0.497 e. The Morgan fingerprint density at radius 1 is 0.865 bits per heavy atom. The van der Waals surface area contributed by atoms with Gasteiger partial charge in [0.15, 0.2) is 18.1 Å². The molecule has 3 rings (SSSR count). The van der Waals surface area contributed by atoms with Crippen LogP contribution in [0.4, 0.5) is 11.4 Å². The lowest BCUT2D eigenvalue weighted by atomic mass is 10.2. The maximum absolute atomic E-state index is 12.3. The Hall–Kier alpha value is -4.38. The van der Waals surface area contributed by atoms with Gasteiger partial charge in [0.25, 0.3) is 5.91 Å². The van der Waals surface area contributed by atoms with Crippen molar-refractivity contribution < 1.29 is 28.6 Å². The van der Waals surface area contributed by atoms with Crippen LogP contribution in [0, 0.1) is 6.92 Å². The van der Waals surface area contributed by atoms with Crippen molar-refractivity contribution in [2.75, 3.05) is 31.5 Å². The Morgan fingerprint density at radius 3 is 2.27 bits per heavy atom. The molecule has 0 radical (unpaired) electrons. The van der Waals surface area contributed by atoms with Crippen molar-refractivity contribution in [2.45, 2.75) is 6.92 Å². The van der Waals surface area contributed by atoms with Gasteiger partial charge in [-0.2, -0.15) is 5.10 Å². The summed E-state index contributed by atoms with van der Waals surface area (Å²) in [5.74, 6) is -0.807. The van der Waals surface area contributed by atoms with Gasteiger partial charge in [0.1, 0.15) is 5.75 Å². The Bertz CT molecular complexity index is 1310. The maximum atomic E-state index is 12.3. The van der Waals surface area contributed by atoms with Gasteiger partial charge < -0.3 is 24.8 Å². The number of aryl methyl sites for hydroxylation is 1. The minimum Gasteiger partial charge on any atom is -0.497 e. The Balaban J connectivity index is 1.51. The van der Waals surface area contributed by atoms with Gasteiger partial charge in [-0.05, 0) is 78.7 Å². The third-order valence-electron chi connectivity index (χ3n) is 4.92. The van der Waals surface area contributed by atoms with Gasteiger partial charge in [-0.15, -0.1) is 0 Å². The fourth-order valence-electron chi connectivity index (χ4n) is 3.02. The number of methoxy groups -OCH3 is 2. The van der Waals surface area contributed by atoms with E-state index in [-0.39, 0.29) is 12.5 Å². The minimum absolute atomic E-state index is 0.224. The molecule has 11 heteroatoms. The van der Waals surface area contributed by atoms with Crippen LogP contribution in [0.5, 0.6) is 17.2 Å². The average Bonchev–Trinajstić information content (AvgIpc) is 2.90. The van der Waals surface area contributed by atoms with Gasteiger partial charge in [0.05, 0.1) is 20.4 Å². The van der Waals surface area contributed by atoms with Crippen molar-refractivity contribution >= 4 is 51.2 Å². The van der Waals surface area contributed by atoms with Crippen molar-refractivity contribution in [1.29, 1.82) is 0 Å². The zero-order valence-electron chi connectivity index (χ0n) is 20.3. The van der Waals surface area contributed by atoms with Gasteiger partial charge in [-0.25, -0.2) is 5.43 Å². The molecule has 0 atom stereocenters. The Kier molecular flexibility index (Phi) is 9.61. The lowest BCUT2D eigenvalue weighted by molar-refractivity contribution is -0.136. The molecule has 192 valence electrons. The second-order valence-corrected chi connectivity index (χ2v) is 8.45. The van der Waals surface area contributed by atoms with E-state index in [1.807, 2.05) is 19.1 Å². The molecular weight excluding hydrogens is 544 g/mol. The number of halogens is 1. The maximum Gasteiger partial charge on any atom is 0.329 e. The Labute approximate surface area is 222 Å². The van der Waals surface area contributed by atoms with Crippen LogP contribution in [0.3, 0.4) is 0 Å². The SMILES string of the molecule is COc1ccc(NC(=O)C(=O)N/N=C\c2ccc(OCC(=O)Nc3ccc(Br)c(C)c3)c(OC)c2)cc1. The molecule has 10 nitrogen and oxygen atoms in total. The van der Waals surface area contributed by atoms with E-state index < -0.39 is 11.8 Å². The molecule has 3 aromatic rings. The van der Waals surface area contributed by atoms with Gasteiger partial charge in [0.2, 0.25) is 0 Å². The number of hydrogen-bond donors (Lipinski definition) is 3. The summed E-state index contributed by atoms with van der Waals surface area (Å²) in [4.78, 5) is 36.3. The molecule has 0 aliphatic heterocycles. The number of anilines is 2. The predicted octanol–water partition coefficient (Wildman–Crippen LogP) is 3.88. The van der Waals surface area contributed by atoms with Gasteiger partial charge >= 0.3 is 11.8 Å². The number of nitrogens with zero attached hydrogens (tertiary/aromatic N) is 1. The number of benzene rings is 3. The predicted molar refractivity (Wildman–Crippen MR) is 143 cm³/mol. The van der Waals surface area contributed by atoms with Crippen molar-refractivity contribution in [3.63, 3.8) is 0 Å². The summed E-state index contributed by atoms with van der Waals surface area (Å²) < 4.78 is 16.9. The zero-order chi connectivity index (χ0) is 26.8. The molecule has 0 saturated carbocycles. The first-order valence-electron chi connectivity index (χ1n) is 10.9. The first-order valence-corrected chi connectivity index (χ1v) is 11.7. The van der Waals surface area contributed by atoms with Gasteiger partial charge in [-0.3, -0.25) is 14.4 Å². The van der Waals surface area contributed by atoms with Crippen LogP contribution < -0.4 is 30.3 Å². The van der Waals surface area contributed by atoms with E-state index in [1.165, 1.54) is 20.4 Å². The molecule has 0 spiro atoms. The summed E-state index contributed by atoms with van der Waals surface area (Å²) >= 11 is 3.42. The minimum atomic E-state index is -0.939. The molecule has 37 heavy (non-hydrogen) atoms. The fourth-order valence-corrected chi connectivity index (χ4v) is 3.27. The highest BCUT2D eigenvalue weighted by molar-refractivity contribution is 9.10. The summed E-state index contributed by atoms with van der Waals surface area (Å²) in [6.07, 6.45) is 1.34. The second kappa shape index (κ2) is 13.1. The summed E-state index contributed by atoms with van der Waals surface area (Å²) in [7, 11) is 2.99. The Morgan fingerprint density at radius 2 is 1.59 bits per heavy atom.